The lowest BCUT2D eigenvalue weighted by Gasteiger charge is -2.35. The SMILES string of the molecule is C[C@H]1CNCCN1C(=O)CN(C)C1=NS(=O)(=O)c2ccccc21. The highest BCUT2D eigenvalue weighted by molar-refractivity contribution is 7.90. The third-order valence-electron chi connectivity index (χ3n) is 4.17. The van der Waals surface area contributed by atoms with Gasteiger partial charge in [-0.05, 0) is 19.1 Å². The van der Waals surface area contributed by atoms with E-state index >= 15 is 0 Å². The molecule has 0 aromatic heterocycles. The van der Waals surface area contributed by atoms with Gasteiger partial charge in [-0.2, -0.15) is 8.42 Å². The Morgan fingerprint density at radius 1 is 1.43 bits per heavy atom. The van der Waals surface area contributed by atoms with Gasteiger partial charge in [-0.15, -0.1) is 4.40 Å². The second-order valence-corrected chi connectivity index (χ2v) is 7.45. The molecule has 1 amide bonds. The van der Waals surface area contributed by atoms with Crippen molar-refractivity contribution in [2.75, 3.05) is 33.2 Å². The number of sulfonamides is 1. The quantitative estimate of drug-likeness (QED) is 0.815. The Morgan fingerprint density at radius 2 is 2.17 bits per heavy atom. The first kappa shape index (κ1) is 15.9. The van der Waals surface area contributed by atoms with Crippen LogP contribution in [0.2, 0.25) is 0 Å². The zero-order valence-electron chi connectivity index (χ0n) is 13.2. The van der Waals surface area contributed by atoms with Gasteiger partial charge < -0.3 is 15.1 Å². The fourth-order valence-corrected chi connectivity index (χ4v) is 4.20. The lowest BCUT2D eigenvalue weighted by atomic mass is 10.2. The average Bonchev–Trinajstić information content (AvgIpc) is 2.80. The molecule has 2 heterocycles. The molecule has 8 heteroatoms. The van der Waals surface area contributed by atoms with Crippen LogP contribution in [-0.2, 0) is 14.8 Å². The molecule has 1 fully saturated rings. The van der Waals surface area contributed by atoms with Gasteiger partial charge in [-0.3, -0.25) is 4.79 Å². The minimum atomic E-state index is -3.66. The summed E-state index contributed by atoms with van der Waals surface area (Å²) >= 11 is 0. The highest BCUT2D eigenvalue weighted by Gasteiger charge is 2.32. The molecule has 23 heavy (non-hydrogen) atoms. The number of amides is 1. The van der Waals surface area contributed by atoms with Crippen molar-refractivity contribution in [3.63, 3.8) is 0 Å². The Labute approximate surface area is 136 Å². The highest BCUT2D eigenvalue weighted by atomic mass is 32.2. The first-order valence-corrected chi connectivity index (χ1v) is 9.00. The number of carbonyl (C=O) groups is 1. The van der Waals surface area contributed by atoms with Crippen LogP contribution in [0.4, 0.5) is 0 Å². The van der Waals surface area contributed by atoms with E-state index in [9.17, 15) is 13.2 Å². The molecule has 0 unspecified atom stereocenters. The first-order valence-electron chi connectivity index (χ1n) is 7.56. The van der Waals surface area contributed by atoms with Crippen LogP contribution in [0.3, 0.4) is 0 Å². The average molecular weight is 336 g/mol. The molecule has 2 aliphatic rings. The number of amidine groups is 1. The van der Waals surface area contributed by atoms with Gasteiger partial charge in [0, 0.05) is 38.3 Å². The molecule has 1 atom stereocenters. The van der Waals surface area contributed by atoms with E-state index in [2.05, 4.69) is 9.71 Å². The molecule has 0 saturated carbocycles. The van der Waals surface area contributed by atoms with Gasteiger partial charge in [0.2, 0.25) is 5.91 Å². The largest absolute Gasteiger partial charge is 0.349 e. The Morgan fingerprint density at radius 3 is 2.91 bits per heavy atom. The van der Waals surface area contributed by atoms with E-state index in [0.29, 0.717) is 17.9 Å². The van der Waals surface area contributed by atoms with E-state index in [1.165, 1.54) is 6.07 Å². The van der Waals surface area contributed by atoms with Gasteiger partial charge in [0.15, 0.2) is 5.84 Å². The first-order chi connectivity index (χ1) is 10.9. The van der Waals surface area contributed by atoms with E-state index in [-0.39, 0.29) is 23.4 Å². The van der Waals surface area contributed by atoms with Gasteiger partial charge in [0.1, 0.15) is 4.90 Å². The number of fused-ring (bicyclic) bond motifs is 1. The predicted molar refractivity (Wildman–Crippen MR) is 86.8 cm³/mol. The van der Waals surface area contributed by atoms with Crippen molar-refractivity contribution in [1.29, 1.82) is 0 Å². The Bertz CT molecular complexity index is 760. The summed E-state index contributed by atoms with van der Waals surface area (Å²) in [5.41, 5.74) is 0.552. The fraction of sp³-hybridized carbons (Fsp3) is 0.467. The summed E-state index contributed by atoms with van der Waals surface area (Å²) in [4.78, 5) is 16.1. The summed E-state index contributed by atoms with van der Waals surface area (Å²) in [7, 11) is -1.96. The van der Waals surface area contributed by atoms with Crippen LogP contribution in [0, 0.1) is 0 Å². The Balaban J connectivity index is 1.79. The molecular formula is C15H20N4O3S. The lowest BCUT2D eigenvalue weighted by Crippen LogP contribution is -2.54. The van der Waals surface area contributed by atoms with Crippen molar-refractivity contribution in [3.8, 4) is 0 Å². The van der Waals surface area contributed by atoms with E-state index in [4.69, 9.17) is 0 Å². The minimum Gasteiger partial charge on any atom is -0.349 e. The standard InChI is InChI=1S/C15H20N4O3S/c1-11-9-16-7-8-19(11)14(20)10-18(2)15-12-5-3-4-6-13(12)23(21,22)17-15/h3-6,11,16H,7-10H2,1-2H3/t11-/m0/s1. The fourth-order valence-electron chi connectivity index (χ4n) is 2.94. The summed E-state index contributed by atoms with van der Waals surface area (Å²) in [6.45, 7) is 4.31. The molecule has 1 aromatic rings. The van der Waals surface area contributed by atoms with Crippen molar-refractivity contribution < 1.29 is 13.2 Å². The Kier molecular flexibility index (Phi) is 4.11. The van der Waals surface area contributed by atoms with Crippen LogP contribution in [0.1, 0.15) is 12.5 Å². The zero-order valence-corrected chi connectivity index (χ0v) is 14.0. The molecule has 124 valence electrons. The number of hydrogen-bond acceptors (Lipinski definition) is 5. The van der Waals surface area contributed by atoms with Gasteiger partial charge in [-0.1, -0.05) is 12.1 Å². The minimum absolute atomic E-state index is 0.0222. The topological polar surface area (TPSA) is 82.1 Å². The van der Waals surface area contributed by atoms with Gasteiger partial charge in [-0.25, -0.2) is 0 Å². The monoisotopic (exact) mass is 336 g/mol. The molecule has 0 radical (unpaired) electrons. The smallest absolute Gasteiger partial charge is 0.285 e. The molecule has 1 aromatic carbocycles. The molecule has 7 nitrogen and oxygen atoms in total. The zero-order chi connectivity index (χ0) is 16.6. The van der Waals surface area contributed by atoms with E-state index in [0.717, 1.165) is 13.1 Å². The van der Waals surface area contributed by atoms with Crippen molar-refractivity contribution in [1.82, 2.24) is 15.1 Å². The molecular weight excluding hydrogens is 316 g/mol. The molecule has 1 saturated heterocycles. The second-order valence-electron chi connectivity index (χ2n) is 5.88. The maximum absolute atomic E-state index is 12.5. The third-order valence-corrected chi connectivity index (χ3v) is 5.49. The highest BCUT2D eigenvalue weighted by Crippen LogP contribution is 2.26. The maximum Gasteiger partial charge on any atom is 0.285 e. The number of nitrogens with zero attached hydrogens (tertiary/aromatic N) is 3. The molecule has 2 aliphatic heterocycles. The molecule has 1 N–H and O–H groups in total. The van der Waals surface area contributed by atoms with Crippen molar-refractivity contribution >= 4 is 21.8 Å². The number of carbonyl (C=O) groups excluding carboxylic acids is 1. The molecule has 3 rings (SSSR count). The van der Waals surface area contributed by atoms with E-state index in [1.54, 1.807) is 30.1 Å². The van der Waals surface area contributed by atoms with E-state index < -0.39 is 10.0 Å². The predicted octanol–water partition coefficient (Wildman–Crippen LogP) is -0.112. The summed E-state index contributed by atoms with van der Waals surface area (Å²) in [6, 6.07) is 6.82. The summed E-state index contributed by atoms with van der Waals surface area (Å²) in [5, 5.41) is 3.24. The van der Waals surface area contributed by atoms with Crippen LogP contribution < -0.4 is 5.32 Å². The van der Waals surface area contributed by atoms with E-state index in [1.807, 2.05) is 11.8 Å². The Hall–Kier alpha value is -1.93. The van der Waals surface area contributed by atoms with Crippen LogP contribution in [-0.4, -0.2) is 69.2 Å². The van der Waals surface area contributed by atoms with Crippen molar-refractivity contribution in [2.24, 2.45) is 4.40 Å². The number of likely N-dealkylation sites (N-methyl/N-ethyl adjacent to an activating group) is 1. The number of piperazine rings is 1. The molecule has 0 spiro atoms. The summed E-state index contributed by atoms with van der Waals surface area (Å²) < 4.78 is 28.0. The van der Waals surface area contributed by atoms with Crippen LogP contribution in [0.5, 0.6) is 0 Å². The number of hydrogen-bond donors (Lipinski definition) is 1. The van der Waals surface area contributed by atoms with Crippen molar-refractivity contribution in [3.05, 3.63) is 29.8 Å². The third kappa shape index (κ3) is 2.96. The van der Waals surface area contributed by atoms with Crippen molar-refractivity contribution in [2.45, 2.75) is 17.9 Å². The molecule has 0 bridgehead atoms. The lowest BCUT2D eigenvalue weighted by molar-refractivity contribution is -0.134. The van der Waals surface area contributed by atoms with Gasteiger partial charge in [0.05, 0.1) is 6.54 Å². The summed E-state index contributed by atoms with van der Waals surface area (Å²) in [5.74, 6) is 0.308. The second kappa shape index (κ2) is 5.93. The van der Waals surface area contributed by atoms with Gasteiger partial charge >= 0.3 is 0 Å². The molecule has 0 aliphatic carbocycles. The van der Waals surface area contributed by atoms with Gasteiger partial charge in [0.25, 0.3) is 10.0 Å². The number of rotatable bonds is 2. The summed E-state index contributed by atoms with van der Waals surface area (Å²) in [6.07, 6.45) is 0. The van der Waals surface area contributed by atoms with Crippen LogP contribution in [0.25, 0.3) is 0 Å². The number of nitrogens with one attached hydrogen (secondary N) is 1. The van der Waals surface area contributed by atoms with Crippen LogP contribution >= 0.6 is 0 Å². The number of benzene rings is 1. The normalized spacial score (nSPS) is 22.4. The maximum atomic E-state index is 12.5. The van der Waals surface area contributed by atoms with Crippen LogP contribution in [0.15, 0.2) is 33.6 Å².